The molecule has 0 N–H and O–H groups in total. The van der Waals surface area contributed by atoms with Gasteiger partial charge in [-0.05, 0) is 23.3 Å². The lowest BCUT2D eigenvalue weighted by Gasteiger charge is -2.16. The molecule has 0 fully saturated rings. The quantitative estimate of drug-likeness (QED) is 0.651. The van der Waals surface area contributed by atoms with E-state index in [1.54, 1.807) is 11.8 Å². The lowest BCUT2D eigenvalue weighted by atomic mass is 10.1. The van der Waals surface area contributed by atoms with Crippen LogP contribution in [0.1, 0.15) is 21.5 Å². The van der Waals surface area contributed by atoms with E-state index in [0.717, 1.165) is 26.7 Å². The zero-order valence-electron chi connectivity index (χ0n) is 14.6. The van der Waals surface area contributed by atoms with Crippen LogP contribution in [0.4, 0.5) is 0 Å². The summed E-state index contributed by atoms with van der Waals surface area (Å²) < 4.78 is 8.10. The SMILES string of the molecule is COc1ccc(Br)c2c1C(=O)N(Cc1ccc(-c3cnn(C)c3)cc1)C2. The molecule has 2 aromatic carbocycles. The third kappa shape index (κ3) is 2.90. The summed E-state index contributed by atoms with van der Waals surface area (Å²) in [4.78, 5) is 14.7. The minimum absolute atomic E-state index is 0.00878. The summed E-state index contributed by atoms with van der Waals surface area (Å²) in [7, 11) is 3.50. The molecule has 5 nitrogen and oxygen atoms in total. The Morgan fingerprint density at radius 3 is 2.58 bits per heavy atom. The second-order valence-electron chi connectivity index (χ2n) is 6.36. The first-order valence-corrected chi connectivity index (χ1v) is 9.08. The van der Waals surface area contributed by atoms with Gasteiger partial charge < -0.3 is 9.64 Å². The molecule has 0 atom stereocenters. The fraction of sp³-hybridized carbons (Fsp3) is 0.200. The Hall–Kier alpha value is -2.60. The molecule has 132 valence electrons. The first-order chi connectivity index (χ1) is 12.6. The number of hydrogen-bond donors (Lipinski definition) is 0. The Labute approximate surface area is 160 Å². The van der Waals surface area contributed by atoms with Gasteiger partial charge in [-0.15, -0.1) is 0 Å². The number of carbonyl (C=O) groups excluding carboxylic acids is 1. The van der Waals surface area contributed by atoms with Crippen LogP contribution in [0, 0.1) is 0 Å². The van der Waals surface area contributed by atoms with Gasteiger partial charge in [-0.1, -0.05) is 40.2 Å². The van der Waals surface area contributed by atoms with Gasteiger partial charge in [-0.3, -0.25) is 9.48 Å². The summed E-state index contributed by atoms with van der Waals surface area (Å²) >= 11 is 3.55. The number of ether oxygens (including phenoxy) is 1. The first kappa shape index (κ1) is 16.8. The lowest BCUT2D eigenvalue weighted by molar-refractivity contribution is 0.0764. The normalized spacial score (nSPS) is 13.2. The smallest absolute Gasteiger partial charge is 0.258 e. The highest BCUT2D eigenvalue weighted by atomic mass is 79.9. The molecule has 1 aromatic heterocycles. The maximum Gasteiger partial charge on any atom is 0.258 e. The Morgan fingerprint density at radius 2 is 1.92 bits per heavy atom. The van der Waals surface area contributed by atoms with Gasteiger partial charge in [0.1, 0.15) is 5.75 Å². The van der Waals surface area contributed by atoms with Gasteiger partial charge in [-0.2, -0.15) is 5.10 Å². The summed E-state index contributed by atoms with van der Waals surface area (Å²) in [5, 5.41) is 4.20. The van der Waals surface area contributed by atoms with Crippen LogP contribution in [-0.4, -0.2) is 27.7 Å². The number of hydrogen-bond acceptors (Lipinski definition) is 3. The van der Waals surface area contributed by atoms with Crippen molar-refractivity contribution in [2.24, 2.45) is 7.05 Å². The number of fused-ring (bicyclic) bond motifs is 1. The van der Waals surface area contributed by atoms with Gasteiger partial charge in [0.05, 0.1) is 18.9 Å². The van der Waals surface area contributed by atoms with Crippen LogP contribution in [0.25, 0.3) is 11.1 Å². The summed E-state index contributed by atoms with van der Waals surface area (Å²) in [6.45, 7) is 1.15. The van der Waals surface area contributed by atoms with Gasteiger partial charge in [-0.25, -0.2) is 0 Å². The maximum absolute atomic E-state index is 12.8. The average Bonchev–Trinajstić information content (AvgIpc) is 3.22. The van der Waals surface area contributed by atoms with Crippen molar-refractivity contribution in [3.63, 3.8) is 0 Å². The van der Waals surface area contributed by atoms with E-state index in [1.165, 1.54) is 0 Å². The highest BCUT2D eigenvalue weighted by molar-refractivity contribution is 9.10. The average molecular weight is 412 g/mol. The number of aromatic nitrogens is 2. The van der Waals surface area contributed by atoms with Crippen LogP contribution in [0.2, 0.25) is 0 Å². The van der Waals surface area contributed by atoms with E-state index in [1.807, 2.05) is 36.5 Å². The van der Waals surface area contributed by atoms with Gasteiger partial charge in [0.25, 0.3) is 5.91 Å². The lowest BCUT2D eigenvalue weighted by Crippen LogP contribution is -2.23. The second kappa shape index (κ2) is 6.61. The van der Waals surface area contributed by atoms with Crippen LogP contribution >= 0.6 is 15.9 Å². The summed E-state index contributed by atoms with van der Waals surface area (Å²) in [5.74, 6) is 0.636. The molecule has 26 heavy (non-hydrogen) atoms. The standard InChI is InChI=1S/C20H18BrN3O2/c1-23-11-15(9-22-23)14-5-3-13(4-6-14)10-24-12-16-17(21)7-8-18(26-2)19(16)20(24)25/h3-9,11H,10,12H2,1-2H3. The molecule has 0 spiro atoms. The van der Waals surface area contributed by atoms with Gasteiger partial charge in [0.2, 0.25) is 0 Å². The summed E-state index contributed by atoms with van der Waals surface area (Å²) in [6.07, 6.45) is 3.83. The van der Waals surface area contributed by atoms with Crippen molar-refractivity contribution in [2.75, 3.05) is 7.11 Å². The molecule has 0 saturated heterocycles. The van der Waals surface area contributed by atoms with E-state index in [-0.39, 0.29) is 5.91 Å². The molecule has 1 aliphatic rings. The molecule has 1 amide bonds. The Bertz CT molecular complexity index is 979. The number of benzene rings is 2. The monoisotopic (exact) mass is 411 g/mol. The minimum atomic E-state index is 0.00878. The zero-order chi connectivity index (χ0) is 18.3. The molecular weight excluding hydrogens is 394 g/mol. The molecular formula is C20H18BrN3O2. The highest BCUT2D eigenvalue weighted by Gasteiger charge is 2.32. The van der Waals surface area contributed by atoms with Gasteiger partial charge in [0, 0.05) is 41.9 Å². The topological polar surface area (TPSA) is 47.4 Å². The largest absolute Gasteiger partial charge is 0.496 e. The number of amides is 1. The van der Waals surface area contributed by atoms with Gasteiger partial charge in [0.15, 0.2) is 0 Å². The van der Waals surface area contributed by atoms with Crippen LogP contribution < -0.4 is 4.74 Å². The van der Waals surface area contributed by atoms with Crippen molar-refractivity contribution < 1.29 is 9.53 Å². The predicted molar refractivity (Wildman–Crippen MR) is 103 cm³/mol. The van der Waals surface area contributed by atoms with Crippen molar-refractivity contribution in [2.45, 2.75) is 13.1 Å². The molecule has 3 aromatic rings. The first-order valence-electron chi connectivity index (χ1n) is 8.29. The zero-order valence-corrected chi connectivity index (χ0v) is 16.2. The molecule has 6 heteroatoms. The van der Waals surface area contributed by atoms with E-state index in [9.17, 15) is 4.79 Å². The predicted octanol–water partition coefficient (Wildman–Crippen LogP) is 4.01. The molecule has 0 radical (unpaired) electrons. The second-order valence-corrected chi connectivity index (χ2v) is 7.22. The van der Waals surface area contributed by atoms with Crippen molar-refractivity contribution in [1.29, 1.82) is 0 Å². The Balaban J connectivity index is 1.55. The molecule has 0 saturated carbocycles. The Kier molecular flexibility index (Phi) is 4.28. The molecule has 0 aliphatic carbocycles. The number of methoxy groups -OCH3 is 1. The van der Waals surface area contributed by atoms with Crippen LogP contribution in [0.15, 0.2) is 53.3 Å². The highest BCUT2D eigenvalue weighted by Crippen LogP contribution is 2.36. The summed E-state index contributed by atoms with van der Waals surface area (Å²) in [6, 6.07) is 12.0. The number of aryl methyl sites for hydroxylation is 1. The van der Waals surface area contributed by atoms with Crippen LogP contribution in [-0.2, 0) is 20.1 Å². The minimum Gasteiger partial charge on any atom is -0.496 e. The van der Waals surface area contributed by atoms with Crippen molar-refractivity contribution >= 4 is 21.8 Å². The van der Waals surface area contributed by atoms with Gasteiger partial charge >= 0.3 is 0 Å². The number of carbonyl (C=O) groups is 1. The molecule has 0 bridgehead atoms. The van der Waals surface area contributed by atoms with E-state index < -0.39 is 0 Å². The Morgan fingerprint density at radius 1 is 1.15 bits per heavy atom. The molecule has 2 heterocycles. The number of nitrogens with zero attached hydrogens (tertiary/aromatic N) is 3. The molecule has 1 aliphatic heterocycles. The molecule has 4 rings (SSSR count). The van der Waals surface area contributed by atoms with Crippen molar-refractivity contribution in [3.05, 3.63) is 70.0 Å². The van der Waals surface area contributed by atoms with Crippen molar-refractivity contribution in [1.82, 2.24) is 14.7 Å². The van der Waals surface area contributed by atoms with E-state index in [2.05, 4.69) is 45.3 Å². The van der Waals surface area contributed by atoms with E-state index in [0.29, 0.717) is 24.4 Å². The van der Waals surface area contributed by atoms with E-state index >= 15 is 0 Å². The van der Waals surface area contributed by atoms with Crippen molar-refractivity contribution in [3.8, 4) is 16.9 Å². The van der Waals surface area contributed by atoms with Crippen LogP contribution in [0.3, 0.4) is 0 Å². The fourth-order valence-electron chi connectivity index (χ4n) is 3.30. The third-order valence-electron chi connectivity index (χ3n) is 4.65. The van der Waals surface area contributed by atoms with E-state index in [4.69, 9.17) is 4.74 Å². The number of halogens is 1. The van der Waals surface area contributed by atoms with Crippen LogP contribution in [0.5, 0.6) is 5.75 Å². The maximum atomic E-state index is 12.8. The summed E-state index contributed by atoms with van der Waals surface area (Å²) in [5.41, 5.74) is 4.93. The number of rotatable bonds is 4. The fourth-order valence-corrected chi connectivity index (χ4v) is 3.76. The molecule has 0 unspecified atom stereocenters. The third-order valence-corrected chi connectivity index (χ3v) is 5.40.